The van der Waals surface area contributed by atoms with Gasteiger partial charge in [0.2, 0.25) is 5.78 Å². The van der Waals surface area contributed by atoms with E-state index in [4.69, 9.17) is 5.73 Å². The Bertz CT molecular complexity index is 541. The van der Waals surface area contributed by atoms with E-state index in [1.807, 2.05) is 0 Å². The van der Waals surface area contributed by atoms with Gasteiger partial charge in [-0.3, -0.25) is 9.78 Å². The van der Waals surface area contributed by atoms with Gasteiger partial charge in [0.1, 0.15) is 0 Å². The van der Waals surface area contributed by atoms with Crippen molar-refractivity contribution in [2.45, 2.75) is 19.3 Å². The van der Waals surface area contributed by atoms with Crippen LogP contribution >= 0.6 is 11.3 Å². The van der Waals surface area contributed by atoms with Crippen LogP contribution in [0.25, 0.3) is 0 Å². The number of nitrogens with one attached hydrogen (secondary N) is 1. The third-order valence-corrected chi connectivity index (χ3v) is 3.78. The average Bonchev–Trinajstić information content (AvgIpc) is 2.96. The SMILES string of the molecule is NCCCCCNc1ncc(C(=O)c2ccncc2)s1. The second kappa shape index (κ2) is 7.72. The topological polar surface area (TPSA) is 80.9 Å². The second-order valence-corrected chi connectivity index (χ2v) is 5.40. The van der Waals surface area contributed by atoms with Crippen LogP contribution in [0.5, 0.6) is 0 Å². The summed E-state index contributed by atoms with van der Waals surface area (Å²) in [6.45, 7) is 1.60. The third kappa shape index (κ3) is 4.11. The average molecular weight is 290 g/mol. The molecule has 2 heterocycles. The van der Waals surface area contributed by atoms with Gasteiger partial charge in [0, 0.05) is 24.5 Å². The minimum absolute atomic E-state index is 0.0129. The molecule has 0 amide bonds. The molecule has 0 saturated heterocycles. The molecule has 2 rings (SSSR count). The maximum atomic E-state index is 12.2. The Morgan fingerprint density at radius 3 is 2.80 bits per heavy atom. The molecule has 0 aliphatic carbocycles. The molecular weight excluding hydrogens is 272 g/mol. The summed E-state index contributed by atoms with van der Waals surface area (Å²) in [5.41, 5.74) is 6.08. The lowest BCUT2D eigenvalue weighted by Gasteiger charge is -2.01. The van der Waals surface area contributed by atoms with E-state index in [1.54, 1.807) is 30.7 Å². The number of pyridine rings is 1. The van der Waals surface area contributed by atoms with E-state index in [9.17, 15) is 4.79 Å². The minimum Gasteiger partial charge on any atom is -0.362 e. The molecule has 20 heavy (non-hydrogen) atoms. The Morgan fingerprint density at radius 2 is 2.05 bits per heavy atom. The first kappa shape index (κ1) is 14.6. The largest absolute Gasteiger partial charge is 0.362 e. The molecule has 0 spiro atoms. The van der Waals surface area contributed by atoms with E-state index >= 15 is 0 Å². The molecule has 2 aromatic heterocycles. The Hall–Kier alpha value is -1.79. The van der Waals surface area contributed by atoms with Crippen molar-refractivity contribution < 1.29 is 4.79 Å². The zero-order valence-electron chi connectivity index (χ0n) is 11.2. The summed E-state index contributed by atoms with van der Waals surface area (Å²) in [7, 11) is 0. The van der Waals surface area contributed by atoms with Crippen LogP contribution in [0.2, 0.25) is 0 Å². The van der Waals surface area contributed by atoms with Crippen molar-refractivity contribution >= 4 is 22.3 Å². The highest BCUT2D eigenvalue weighted by Gasteiger charge is 2.12. The Kier molecular flexibility index (Phi) is 5.64. The Balaban J connectivity index is 1.87. The lowest BCUT2D eigenvalue weighted by atomic mass is 10.1. The quantitative estimate of drug-likeness (QED) is 0.576. The summed E-state index contributed by atoms with van der Waals surface area (Å²) in [6.07, 6.45) is 8.07. The summed E-state index contributed by atoms with van der Waals surface area (Å²) in [4.78, 5) is 20.9. The first-order valence-electron chi connectivity index (χ1n) is 6.66. The van der Waals surface area contributed by atoms with E-state index in [0.717, 1.165) is 37.5 Å². The van der Waals surface area contributed by atoms with Crippen LogP contribution in [0, 0.1) is 0 Å². The molecule has 0 saturated carbocycles. The third-order valence-electron chi connectivity index (χ3n) is 2.83. The predicted molar refractivity (Wildman–Crippen MR) is 81.2 cm³/mol. The molecule has 3 N–H and O–H groups in total. The minimum atomic E-state index is -0.0129. The van der Waals surface area contributed by atoms with Gasteiger partial charge in [-0.1, -0.05) is 17.8 Å². The Morgan fingerprint density at radius 1 is 1.25 bits per heavy atom. The summed E-state index contributed by atoms with van der Waals surface area (Å²) in [5.74, 6) is -0.0129. The smallest absolute Gasteiger partial charge is 0.204 e. The standard InChI is InChI=1S/C14H18N4OS/c15-6-2-1-3-7-17-14-18-10-12(20-14)13(19)11-4-8-16-9-5-11/h4-5,8-10H,1-3,6-7,15H2,(H,17,18). The summed E-state index contributed by atoms with van der Waals surface area (Å²) >= 11 is 1.38. The molecule has 0 aromatic carbocycles. The van der Waals surface area contributed by atoms with Crippen LogP contribution in [0.4, 0.5) is 5.13 Å². The number of ketones is 1. The first-order chi connectivity index (χ1) is 9.81. The molecule has 106 valence electrons. The number of nitrogens with two attached hydrogens (primary N) is 1. The van der Waals surface area contributed by atoms with Crippen molar-refractivity contribution in [3.05, 3.63) is 41.2 Å². The van der Waals surface area contributed by atoms with Gasteiger partial charge in [-0.2, -0.15) is 0 Å². The lowest BCUT2D eigenvalue weighted by Crippen LogP contribution is -2.03. The molecule has 0 fully saturated rings. The molecule has 0 atom stereocenters. The zero-order chi connectivity index (χ0) is 14.2. The van der Waals surface area contributed by atoms with Crippen molar-refractivity contribution in [1.29, 1.82) is 0 Å². The van der Waals surface area contributed by atoms with Crippen LogP contribution in [-0.4, -0.2) is 28.8 Å². The molecule has 0 radical (unpaired) electrons. The molecule has 0 unspecified atom stereocenters. The Labute approximate surface area is 122 Å². The van der Waals surface area contributed by atoms with E-state index in [2.05, 4.69) is 15.3 Å². The molecule has 6 heteroatoms. The van der Waals surface area contributed by atoms with E-state index in [-0.39, 0.29) is 5.78 Å². The number of hydrogen-bond acceptors (Lipinski definition) is 6. The number of thiazole rings is 1. The van der Waals surface area contributed by atoms with Gasteiger partial charge < -0.3 is 11.1 Å². The number of hydrogen-bond donors (Lipinski definition) is 2. The van der Waals surface area contributed by atoms with Gasteiger partial charge in [0.25, 0.3) is 0 Å². The van der Waals surface area contributed by atoms with Gasteiger partial charge in [-0.25, -0.2) is 4.98 Å². The summed E-state index contributed by atoms with van der Waals surface area (Å²) in [5, 5.41) is 4.02. The predicted octanol–water partition coefficient (Wildman–Crippen LogP) is 2.31. The first-order valence-corrected chi connectivity index (χ1v) is 7.47. The number of rotatable bonds is 8. The fraction of sp³-hybridized carbons (Fsp3) is 0.357. The molecule has 0 aliphatic rings. The van der Waals surface area contributed by atoms with Crippen LogP contribution in [-0.2, 0) is 0 Å². The van der Waals surface area contributed by atoms with Gasteiger partial charge >= 0.3 is 0 Å². The monoisotopic (exact) mass is 290 g/mol. The number of carbonyl (C=O) groups excluding carboxylic acids is 1. The maximum Gasteiger partial charge on any atom is 0.204 e. The number of nitrogens with zero attached hydrogens (tertiary/aromatic N) is 2. The number of aromatic nitrogens is 2. The van der Waals surface area contributed by atoms with Crippen molar-refractivity contribution in [2.24, 2.45) is 5.73 Å². The van der Waals surface area contributed by atoms with Crippen LogP contribution in [0.3, 0.4) is 0 Å². The van der Waals surface area contributed by atoms with Crippen molar-refractivity contribution in [2.75, 3.05) is 18.4 Å². The number of anilines is 1. The van der Waals surface area contributed by atoms with E-state index < -0.39 is 0 Å². The van der Waals surface area contributed by atoms with Gasteiger partial charge in [-0.15, -0.1) is 0 Å². The van der Waals surface area contributed by atoms with E-state index in [0.29, 0.717) is 10.4 Å². The fourth-order valence-electron chi connectivity index (χ4n) is 1.75. The second-order valence-electron chi connectivity index (χ2n) is 4.37. The van der Waals surface area contributed by atoms with Gasteiger partial charge in [0.15, 0.2) is 5.13 Å². The van der Waals surface area contributed by atoms with Crippen LogP contribution in [0.1, 0.15) is 34.5 Å². The molecule has 2 aromatic rings. The van der Waals surface area contributed by atoms with Crippen molar-refractivity contribution in [1.82, 2.24) is 9.97 Å². The highest BCUT2D eigenvalue weighted by molar-refractivity contribution is 7.17. The fourth-order valence-corrected chi connectivity index (χ4v) is 2.55. The molecular formula is C14H18N4OS. The van der Waals surface area contributed by atoms with Crippen LogP contribution < -0.4 is 11.1 Å². The normalized spacial score (nSPS) is 10.4. The number of carbonyl (C=O) groups is 1. The molecule has 5 nitrogen and oxygen atoms in total. The molecule has 0 aliphatic heterocycles. The summed E-state index contributed by atoms with van der Waals surface area (Å²) < 4.78 is 0. The lowest BCUT2D eigenvalue weighted by molar-refractivity contribution is 0.104. The van der Waals surface area contributed by atoms with Gasteiger partial charge in [0.05, 0.1) is 11.1 Å². The van der Waals surface area contributed by atoms with Crippen LogP contribution in [0.15, 0.2) is 30.7 Å². The summed E-state index contributed by atoms with van der Waals surface area (Å²) in [6, 6.07) is 3.42. The van der Waals surface area contributed by atoms with Crippen molar-refractivity contribution in [3.63, 3.8) is 0 Å². The highest BCUT2D eigenvalue weighted by Crippen LogP contribution is 2.21. The van der Waals surface area contributed by atoms with Gasteiger partial charge in [-0.05, 0) is 31.5 Å². The number of unbranched alkanes of at least 4 members (excludes halogenated alkanes) is 2. The maximum absolute atomic E-state index is 12.2. The van der Waals surface area contributed by atoms with E-state index in [1.165, 1.54) is 11.3 Å². The van der Waals surface area contributed by atoms with Crippen molar-refractivity contribution in [3.8, 4) is 0 Å². The molecule has 0 bridgehead atoms. The highest BCUT2D eigenvalue weighted by atomic mass is 32.1. The zero-order valence-corrected chi connectivity index (χ0v) is 12.0.